The van der Waals surface area contributed by atoms with Crippen LogP contribution in [0.4, 0.5) is 8.78 Å². The minimum absolute atomic E-state index is 0.0409. The molecule has 15 heavy (non-hydrogen) atoms. The predicted molar refractivity (Wildman–Crippen MR) is 58.6 cm³/mol. The smallest absolute Gasteiger partial charge is 0.316 e. The Morgan fingerprint density at radius 1 is 1.33 bits per heavy atom. The van der Waals surface area contributed by atoms with Crippen LogP contribution in [-0.4, -0.2) is 28.5 Å². The molecule has 1 unspecified atom stereocenters. The van der Waals surface area contributed by atoms with Crippen molar-refractivity contribution in [2.45, 2.75) is 50.7 Å². The molecule has 0 radical (unpaired) electrons. The second-order valence-corrected chi connectivity index (χ2v) is 4.66. The Morgan fingerprint density at radius 3 is 2.47 bits per heavy atom. The van der Waals surface area contributed by atoms with Gasteiger partial charge in [-0.15, -0.1) is 11.8 Å². The van der Waals surface area contributed by atoms with Crippen molar-refractivity contribution in [1.82, 2.24) is 0 Å². The van der Waals surface area contributed by atoms with E-state index in [1.54, 1.807) is 0 Å². The third-order valence-electron chi connectivity index (χ3n) is 2.03. The highest BCUT2D eigenvalue weighted by atomic mass is 32.2. The first kappa shape index (κ1) is 14.7. The van der Waals surface area contributed by atoms with Gasteiger partial charge in [0.2, 0.25) is 6.43 Å². The maximum atomic E-state index is 11.7. The summed E-state index contributed by atoms with van der Waals surface area (Å²) < 4.78 is 23.5. The highest BCUT2D eigenvalue weighted by Crippen LogP contribution is 2.17. The minimum atomic E-state index is -2.21. The quantitative estimate of drug-likeness (QED) is 0.627. The fraction of sp³-hybridized carbons (Fsp3) is 0.900. The summed E-state index contributed by atoms with van der Waals surface area (Å²) in [7, 11) is 0. The van der Waals surface area contributed by atoms with E-state index in [-0.39, 0.29) is 11.7 Å². The zero-order valence-corrected chi connectivity index (χ0v) is 9.73. The fourth-order valence-electron chi connectivity index (χ4n) is 1.17. The monoisotopic (exact) mass is 240 g/mol. The van der Waals surface area contributed by atoms with Crippen LogP contribution in [-0.2, 0) is 4.79 Å². The molecule has 0 saturated heterocycles. The summed E-state index contributed by atoms with van der Waals surface area (Å²) in [6.45, 7) is 1.84. The number of carboxylic acids is 1. The molecule has 0 aliphatic heterocycles. The van der Waals surface area contributed by atoms with Crippen molar-refractivity contribution in [2.75, 3.05) is 5.75 Å². The van der Waals surface area contributed by atoms with E-state index in [1.165, 1.54) is 11.8 Å². The maximum absolute atomic E-state index is 11.7. The highest BCUT2D eigenvalue weighted by molar-refractivity contribution is 8.00. The zero-order valence-electron chi connectivity index (χ0n) is 8.92. The molecular weight excluding hydrogens is 222 g/mol. The summed E-state index contributed by atoms with van der Waals surface area (Å²) in [5, 5.41) is 8.38. The average Bonchev–Trinajstić information content (AvgIpc) is 2.15. The van der Waals surface area contributed by atoms with Gasteiger partial charge in [-0.1, -0.05) is 13.3 Å². The molecule has 1 atom stereocenters. The standard InChI is InChI=1S/C10H18F2O2S/c1-2-8(10(13)14)15-7-5-3-4-6-9(11)12/h8-9H,2-7H2,1H3,(H,13,14). The lowest BCUT2D eigenvalue weighted by Crippen LogP contribution is -2.15. The number of rotatable bonds is 9. The van der Waals surface area contributed by atoms with Gasteiger partial charge < -0.3 is 5.11 Å². The average molecular weight is 240 g/mol. The Labute approximate surface area is 93.4 Å². The lowest BCUT2D eigenvalue weighted by molar-refractivity contribution is -0.136. The SMILES string of the molecule is CCC(SCCCCCC(F)F)C(=O)O. The summed E-state index contributed by atoms with van der Waals surface area (Å²) in [6.07, 6.45) is 0.467. The van der Waals surface area contributed by atoms with E-state index in [0.717, 1.165) is 18.6 Å². The molecular formula is C10H18F2O2S. The van der Waals surface area contributed by atoms with Crippen molar-refractivity contribution in [3.8, 4) is 0 Å². The van der Waals surface area contributed by atoms with Gasteiger partial charge in [-0.05, 0) is 25.0 Å². The van der Waals surface area contributed by atoms with Crippen LogP contribution >= 0.6 is 11.8 Å². The third kappa shape index (κ3) is 8.66. The Kier molecular flexibility index (Phi) is 8.76. The third-order valence-corrected chi connectivity index (χ3v) is 3.49. The first-order valence-corrected chi connectivity index (χ1v) is 6.25. The molecule has 2 nitrogen and oxygen atoms in total. The molecule has 0 aliphatic carbocycles. The molecule has 5 heteroatoms. The second-order valence-electron chi connectivity index (χ2n) is 3.35. The normalized spacial score (nSPS) is 13.1. The first-order valence-electron chi connectivity index (χ1n) is 5.20. The van der Waals surface area contributed by atoms with Gasteiger partial charge >= 0.3 is 5.97 Å². The molecule has 0 heterocycles. The number of unbranched alkanes of at least 4 members (excludes halogenated alkanes) is 2. The molecule has 0 aromatic heterocycles. The lowest BCUT2D eigenvalue weighted by atomic mass is 10.2. The van der Waals surface area contributed by atoms with E-state index in [1.807, 2.05) is 6.92 Å². The van der Waals surface area contributed by atoms with Gasteiger partial charge in [0.25, 0.3) is 0 Å². The second kappa shape index (κ2) is 8.95. The van der Waals surface area contributed by atoms with Crippen molar-refractivity contribution in [3.63, 3.8) is 0 Å². The number of alkyl halides is 2. The molecule has 0 bridgehead atoms. The zero-order chi connectivity index (χ0) is 11.7. The maximum Gasteiger partial charge on any atom is 0.316 e. The van der Waals surface area contributed by atoms with Crippen LogP contribution < -0.4 is 0 Å². The van der Waals surface area contributed by atoms with E-state index in [9.17, 15) is 13.6 Å². The molecule has 0 aromatic rings. The number of aliphatic carboxylic acids is 1. The number of carboxylic acid groups (broad SMARTS) is 1. The number of carbonyl (C=O) groups is 1. The largest absolute Gasteiger partial charge is 0.480 e. The molecule has 0 saturated carbocycles. The van der Waals surface area contributed by atoms with Gasteiger partial charge in [-0.3, -0.25) is 4.79 Å². The van der Waals surface area contributed by atoms with Crippen LogP contribution in [0.1, 0.15) is 39.0 Å². The van der Waals surface area contributed by atoms with Crippen LogP contribution in [0.2, 0.25) is 0 Å². The van der Waals surface area contributed by atoms with Crippen molar-refractivity contribution in [1.29, 1.82) is 0 Å². The fourth-order valence-corrected chi connectivity index (χ4v) is 2.20. The van der Waals surface area contributed by atoms with E-state index >= 15 is 0 Å². The van der Waals surface area contributed by atoms with Gasteiger partial charge in [0.1, 0.15) is 5.25 Å². The van der Waals surface area contributed by atoms with Crippen molar-refractivity contribution < 1.29 is 18.7 Å². The molecule has 0 aromatic carbocycles. The molecule has 0 fully saturated rings. The van der Waals surface area contributed by atoms with Crippen LogP contribution in [0.5, 0.6) is 0 Å². The Morgan fingerprint density at radius 2 is 2.00 bits per heavy atom. The van der Waals surface area contributed by atoms with Crippen LogP contribution in [0, 0.1) is 0 Å². The predicted octanol–water partition coefficient (Wildman–Crippen LogP) is 3.41. The number of thioether (sulfide) groups is 1. The van der Waals surface area contributed by atoms with E-state index in [4.69, 9.17) is 5.11 Å². The van der Waals surface area contributed by atoms with E-state index < -0.39 is 12.4 Å². The van der Waals surface area contributed by atoms with E-state index in [0.29, 0.717) is 12.8 Å². The number of hydrogen-bond acceptors (Lipinski definition) is 2. The van der Waals surface area contributed by atoms with Gasteiger partial charge in [0, 0.05) is 6.42 Å². The van der Waals surface area contributed by atoms with Crippen molar-refractivity contribution in [3.05, 3.63) is 0 Å². The molecule has 0 spiro atoms. The number of halogens is 2. The molecule has 0 amide bonds. The Hall–Kier alpha value is -0.320. The Bertz CT molecular complexity index is 177. The summed E-state index contributed by atoms with van der Waals surface area (Å²) >= 11 is 1.40. The van der Waals surface area contributed by atoms with Crippen molar-refractivity contribution in [2.24, 2.45) is 0 Å². The van der Waals surface area contributed by atoms with Crippen molar-refractivity contribution >= 4 is 17.7 Å². The van der Waals surface area contributed by atoms with Gasteiger partial charge in [0.15, 0.2) is 0 Å². The van der Waals surface area contributed by atoms with Gasteiger partial charge in [-0.25, -0.2) is 8.78 Å². The lowest BCUT2D eigenvalue weighted by Gasteiger charge is -2.08. The summed E-state index contributed by atoms with van der Waals surface area (Å²) in [5.41, 5.74) is 0. The minimum Gasteiger partial charge on any atom is -0.480 e. The topological polar surface area (TPSA) is 37.3 Å². The van der Waals surface area contributed by atoms with E-state index in [2.05, 4.69) is 0 Å². The van der Waals surface area contributed by atoms with Crippen LogP contribution in [0.25, 0.3) is 0 Å². The number of hydrogen-bond donors (Lipinski definition) is 1. The highest BCUT2D eigenvalue weighted by Gasteiger charge is 2.14. The van der Waals surface area contributed by atoms with Crippen LogP contribution in [0.15, 0.2) is 0 Å². The summed E-state index contributed by atoms with van der Waals surface area (Å²) in [5.74, 6) is -0.0382. The molecule has 0 aliphatic rings. The Balaban J connectivity index is 3.33. The van der Waals surface area contributed by atoms with Gasteiger partial charge in [0.05, 0.1) is 0 Å². The summed E-state index contributed by atoms with van der Waals surface area (Å²) in [4.78, 5) is 10.6. The molecule has 1 N–H and O–H groups in total. The van der Waals surface area contributed by atoms with Crippen LogP contribution in [0.3, 0.4) is 0 Å². The molecule has 90 valence electrons. The summed E-state index contributed by atoms with van der Waals surface area (Å²) in [6, 6.07) is 0. The molecule has 0 rings (SSSR count). The van der Waals surface area contributed by atoms with Gasteiger partial charge in [-0.2, -0.15) is 0 Å². The first-order chi connectivity index (χ1) is 7.07.